The summed E-state index contributed by atoms with van der Waals surface area (Å²) >= 11 is 0. The molecule has 0 saturated carbocycles. The molecule has 156 valence electrons. The van der Waals surface area contributed by atoms with Crippen LogP contribution in [0.1, 0.15) is 23.2 Å². The number of ether oxygens (including phenoxy) is 2. The zero-order valence-corrected chi connectivity index (χ0v) is 17.1. The van der Waals surface area contributed by atoms with Gasteiger partial charge in [0.2, 0.25) is 0 Å². The normalized spacial score (nSPS) is 16.7. The van der Waals surface area contributed by atoms with E-state index in [1.54, 1.807) is 24.3 Å². The van der Waals surface area contributed by atoms with Gasteiger partial charge in [-0.15, -0.1) is 0 Å². The summed E-state index contributed by atoms with van der Waals surface area (Å²) in [5, 5.41) is 2.74. The molecule has 3 rings (SSSR count). The second-order valence-electron chi connectivity index (χ2n) is 6.55. The number of carbonyl (C=O) groups excluding carboxylic acids is 1. The van der Waals surface area contributed by atoms with Gasteiger partial charge in [-0.1, -0.05) is 4.47 Å². The lowest BCUT2D eigenvalue weighted by molar-refractivity contribution is -0.0258. The second kappa shape index (κ2) is 9.36. The summed E-state index contributed by atoms with van der Waals surface area (Å²) in [6.45, 7) is 1.28. The number of hydroxylamine groups is 1. The number of amides is 1. The molecule has 0 bridgehead atoms. The number of rotatable bonds is 8. The van der Waals surface area contributed by atoms with Crippen molar-refractivity contribution in [3.05, 3.63) is 54.1 Å². The molecule has 0 aliphatic carbocycles. The number of anilines is 1. The van der Waals surface area contributed by atoms with Gasteiger partial charge in [0.25, 0.3) is 15.9 Å². The Morgan fingerprint density at radius 2 is 1.86 bits per heavy atom. The van der Waals surface area contributed by atoms with Crippen molar-refractivity contribution in [2.75, 3.05) is 32.7 Å². The molecule has 1 aliphatic rings. The minimum absolute atomic E-state index is 0.0626. The summed E-state index contributed by atoms with van der Waals surface area (Å²) in [6, 6.07) is 12.7. The molecule has 1 aliphatic heterocycles. The van der Waals surface area contributed by atoms with E-state index in [-0.39, 0.29) is 16.9 Å². The van der Waals surface area contributed by atoms with Crippen LogP contribution < -0.4 is 10.1 Å². The fourth-order valence-electron chi connectivity index (χ4n) is 2.83. The first-order valence-corrected chi connectivity index (χ1v) is 10.6. The first-order chi connectivity index (χ1) is 13.9. The maximum atomic E-state index is 12.4. The third-order valence-corrected chi connectivity index (χ3v) is 6.28. The highest BCUT2D eigenvalue weighted by Gasteiger charge is 2.20. The van der Waals surface area contributed by atoms with Crippen LogP contribution in [0.3, 0.4) is 0 Å². The van der Waals surface area contributed by atoms with Crippen LogP contribution in [0.2, 0.25) is 0 Å². The maximum absolute atomic E-state index is 12.4. The Morgan fingerprint density at radius 3 is 2.45 bits per heavy atom. The van der Waals surface area contributed by atoms with Crippen molar-refractivity contribution < 1.29 is 27.5 Å². The van der Waals surface area contributed by atoms with Crippen LogP contribution in [0, 0.1) is 0 Å². The van der Waals surface area contributed by atoms with Crippen molar-refractivity contribution in [1.82, 2.24) is 4.47 Å². The number of benzene rings is 2. The summed E-state index contributed by atoms with van der Waals surface area (Å²) in [5.74, 6) is 0.370. The summed E-state index contributed by atoms with van der Waals surface area (Å²) in [6.07, 6.45) is 2.19. The summed E-state index contributed by atoms with van der Waals surface area (Å²) < 4.78 is 36.3. The zero-order valence-electron chi connectivity index (χ0n) is 16.3. The van der Waals surface area contributed by atoms with E-state index in [1.807, 2.05) is 0 Å². The van der Waals surface area contributed by atoms with E-state index in [4.69, 9.17) is 14.3 Å². The molecular weight excluding hydrogens is 396 g/mol. The molecule has 0 spiro atoms. The van der Waals surface area contributed by atoms with Gasteiger partial charge in [-0.25, -0.2) is 8.42 Å². The van der Waals surface area contributed by atoms with Crippen LogP contribution in [0.15, 0.2) is 53.4 Å². The molecule has 1 amide bonds. The van der Waals surface area contributed by atoms with Crippen LogP contribution in [0.5, 0.6) is 5.75 Å². The van der Waals surface area contributed by atoms with E-state index in [9.17, 15) is 13.2 Å². The lowest BCUT2D eigenvalue weighted by atomic mass is 10.2. The van der Waals surface area contributed by atoms with E-state index in [2.05, 4.69) is 5.32 Å². The Balaban J connectivity index is 1.58. The fraction of sp³-hybridized carbons (Fsp3) is 0.350. The topological polar surface area (TPSA) is 94.2 Å². The number of sulfonamides is 1. The predicted octanol–water partition coefficient (Wildman–Crippen LogP) is 2.68. The quantitative estimate of drug-likeness (QED) is 0.660. The molecule has 29 heavy (non-hydrogen) atoms. The first-order valence-electron chi connectivity index (χ1n) is 9.19. The lowest BCUT2D eigenvalue weighted by Gasteiger charge is -2.14. The largest absolute Gasteiger partial charge is 0.491 e. The van der Waals surface area contributed by atoms with E-state index >= 15 is 0 Å². The van der Waals surface area contributed by atoms with Gasteiger partial charge in [-0.2, -0.15) is 0 Å². The molecule has 1 heterocycles. The van der Waals surface area contributed by atoms with Gasteiger partial charge in [0.05, 0.1) is 18.1 Å². The van der Waals surface area contributed by atoms with E-state index in [0.717, 1.165) is 23.9 Å². The van der Waals surface area contributed by atoms with Gasteiger partial charge < -0.3 is 14.8 Å². The fourth-order valence-corrected chi connectivity index (χ4v) is 3.80. The highest BCUT2D eigenvalue weighted by Crippen LogP contribution is 2.20. The summed E-state index contributed by atoms with van der Waals surface area (Å²) in [7, 11) is -1.15. The predicted molar refractivity (Wildman–Crippen MR) is 107 cm³/mol. The van der Waals surface area contributed by atoms with Crippen molar-refractivity contribution >= 4 is 21.6 Å². The maximum Gasteiger partial charge on any atom is 0.264 e. The zero-order chi connectivity index (χ0) is 20.9. The molecule has 1 fully saturated rings. The molecule has 9 heteroatoms. The number of hydrogen-bond donors (Lipinski definition) is 1. The molecule has 8 nitrogen and oxygen atoms in total. The molecule has 0 aromatic heterocycles. The second-order valence-corrected chi connectivity index (χ2v) is 8.48. The number of nitrogens with one attached hydrogen (secondary N) is 1. The molecule has 2 aromatic carbocycles. The molecule has 1 atom stereocenters. The Labute approximate surface area is 170 Å². The Morgan fingerprint density at radius 1 is 1.17 bits per heavy atom. The van der Waals surface area contributed by atoms with Gasteiger partial charge in [0.1, 0.15) is 12.4 Å². The number of hydrogen-bond acceptors (Lipinski definition) is 6. The summed E-state index contributed by atoms with van der Waals surface area (Å²) in [5.41, 5.74) is 0.943. The van der Waals surface area contributed by atoms with Crippen molar-refractivity contribution in [3.8, 4) is 5.75 Å². The van der Waals surface area contributed by atoms with Gasteiger partial charge in [-0.05, 0) is 61.4 Å². The Bertz CT molecular complexity index is 922. The van der Waals surface area contributed by atoms with Crippen LogP contribution in [-0.4, -0.2) is 52.3 Å². The molecule has 0 radical (unpaired) electrons. The van der Waals surface area contributed by atoms with Crippen molar-refractivity contribution in [3.63, 3.8) is 0 Å². The van der Waals surface area contributed by atoms with Gasteiger partial charge in [0.15, 0.2) is 0 Å². The standard InChI is InChI=1S/C20H24N2O6S/c1-22(26-2)29(24,25)19-11-7-16(8-12-19)21-20(23)15-5-9-17(10-6-15)28-14-18-4-3-13-27-18/h5-12,18H,3-4,13-14H2,1-2H3,(H,21,23). The van der Waals surface area contributed by atoms with Gasteiger partial charge >= 0.3 is 0 Å². The van der Waals surface area contributed by atoms with Gasteiger partial charge in [0, 0.05) is 24.9 Å². The highest BCUT2D eigenvalue weighted by molar-refractivity contribution is 7.89. The smallest absolute Gasteiger partial charge is 0.264 e. The van der Waals surface area contributed by atoms with Crippen LogP contribution in [0.25, 0.3) is 0 Å². The number of carbonyl (C=O) groups is 1. The monoisotopic (exact) mass is 420 g/mol. The minimum Gasteiger partial charge on any atom is -0.491 e. The Hall–Kier alpha value is -2.46. The molecule has 1 N–H and O–H groups in total. The first kappa shape index (κ1) is 21.3. The molecule has 1 saturated heterocycles. The van der Waals surface area contributed by atoms with Crippen LogP contribution >= 0.6 is 0 Å². The average Bonchev–Trinajstić information content (AvgIpc) is 3.26. The van der Waals surface area contributed by atoms with Crippen LogP contribution in [0.4, 0.5) is 5.69 Å². The highest BCUT2D eigenvalue weighted by atomic mass is 32.2. The van der Waals surface area contributed by atoms with E-state index in [0.29, 0.717) is 23.6 Å². The van der Waals surface area contributed by atoms with Crippen molar-refractivity contribution in [2.45, 2.75) is 23.8 Å². The molecular formula is C20H24N2O6S. The van der Waals surface area contributed by atoms with Crippen molar-refractivity contribution in [1.29, 1.82) is 0 Å². The SMILES string of the molecule is CON(C)S(=O)(=O)c1ccc(NC(=O)c2ccc(OCC3CCCO3)cc2)cc1. The number of nitrogens with zero attached hydrogens (tertiary/aromatic N) is 1. The van der Waals surface area contributed by atoms with Crippen molar-refractivity contribution in [2.24, 2.45) is 0 Å². The minimum atomic E-state index is -3.73. The third kappa shape index (κ3) is 5.33. The Kier molecular flexibility index (Phi) is 6.86. The molecule has 2 aromatic rings. The summed E-state index contributed by atoms with van der Waals surface area (Å²) in [4.78, 5) is 17.2. The van der Waals surface area contributed by atoms with E-state index < -0.39 is 10.0 Å². The molecule has 1 unspecified atom stereocenters. The average molecular weight is 420 g/mol. The van der Waals surface area contributed by atoms with E-state index in [1.165, 1.54) is 38.4 Å². The van der Waals surface area contributed by atoms with Gasteiger partial charge in [-0.3, -0.25) is 9.63 Å². The lowest BCUT2D eigenvalue weighted by Crippen LogP contribution is -2.25. The third-order valence-electron chi connectivity index (χ3n) is 4.58. The van der Waals surface area contributed by atoms with Crippen LogP contribution in [-0.2, 0) is 19.6 Å².